The summed E-state index contributed by atoms with van der Waals surface area (Å²) in [5.74, 6) is 1.74. The first-order chi connectivity index (χ1) is 8.26. The van der Waals surface area contributed by atoms with Crippen molar-refractivity contribution in [2.24, 2.45) is 11.7 Å². The quantitative estimate of drug-likeness (QED) is 0.790. The van der Waals surface area contributed by atoms with Gasteiger partial charge in [-0.2, -0.15) is 4.98 Å². The summed E-state index contributed by atoms with van der Waals surface area (Å²) in [5, 5.41) is 3.99. The molecule has 2 rings (SSSR count). The van der Waals surface area contributed by atoms with E-state index in [9.17, 15) is 0 Å². The van der Waals surface area contributed by atoms with Gasteiger partial charge in [-0.1, -0.05) is 24.9 Å². The van der Waals surface area contributed by atoms with E-state index in [2.05, 4.69) is 17.1 Å². The fourth-order valence-corrected chi connectivity index (χ4v) is 1.97. The maximum absolute atomic E-state index is 5.99. The van der Waals surface area contributed by atoms with Crippen LogP contribution in [0, 0.1) is 5.92 Å². The summed E-state index contributed by atoms with van der Waals surface area (Å²) in [6, 6.07) is -0.145. The third-order valence-electron chi connectivity index (χ3n) is 3.20. The van der Waals surface area contributed by atoms with E-state index in [0.29, 0.717) is 17.6 Å². The van der Waals surface area contributed by atoms with Crippen molar-refractivity contribution in [2.75, 3.05) is 7.11 Å². The number of aromatic nitrogens is 2. The minimum Gasteiger partial charge on any atom is -0.373 e. The van der Waals surface area contributed by atoms with Crippen molar-refractivity contribution in [3.8, 4) is 0 Å². The number of rotatable bonds is 7. The Bertz CT molecular complexity index is 349. The Morgan fingerprint density at radius 2 is 2.29 bits per heavy atom. The van der Waals surface area contributed by atoms with Crippen molar-refractivity contribution in [1.29, 1.82) is 0 Å². The van der Waals surface area contributed by atoms with E-state index in [0.717, 1.165) is 19.3 Å². The molecule has 1 aliphatic rings. The number of nitrogens with two attached hydrogens (primary N) is 1. The zero-order valence-electron chi connectivity index (χ0n) is 10.6. The third kappa shape index (κ3) is 3.04. The monoisotopic (exact) mass is 239 g/mol. The second kappa shape index (κ2) is 5.60. The topological polar surface area (TPSA) is 74.2 Å². The van der Waals surface area contributed by atoms with Crippen LogP contribution in [0.2, 0.25) is 0 Å². The molecule has 0 bridgehead atoms. The molecule has 1 fully saturated rings. The number of hydrogen-bond donors (Lipinski definition) is 1. The van der Waals surface area contributed by atoms with Crippen molar-refractivity contribution < 1.29 is 9.26 Å². The van der Waals surface area contributed by atoms with E-state index in [1.165, 1.54) is 12.8 Å². The van der Waals surface area contributed by atoms with Crippen LogP contribution < -0.4 is 5.73 Å². The van der Waals surface area contributed by atoms with Crippen LogP contribution in [0.15, 0.2) is 4.52 Å². The zero-order valence-corrected chi connectivity index (χ0v) is 10.6. The van der Waals surface area contributed by atoms with Crippen molar-refractivity contribution in [3.63, 3.8) is 0 Å². The predicted molar refractivity (Wildman–Crippen MR) is 63.2 cm³/mol. The smallest absolute Gasteiger partial charge is 0.243 e. The van der Waals surface area contributed by atoms with E-state index in [-0.39, 0.29) is 12.1 Å². The molecule has 5 heteroatoms. The summed E-state index contributed by atoms with van der Waals surface area (Å²) in [5.41, 5.74) is 5.99. The molecular weight excluding hydrogens is 218 g/mol. The second-order valence-electron chi connectivity index (χ2n) is 4.73. The molecule has 1 aromatic rings. The molecule has 2 unspecified atom stereocenters. The van der Waals surface area contributed by atoms with E-state index >= 15 is 0 Å². The molecular formula is C12H21N3O2. The first-order valence-electron chi connectivity index (χ1n) is 6.38. The molecule has 1 aliphatic carbocycles. The highest BCUT2D eigenvalue weighted by molar-refractivity contribution is 5.00. The fourth-order valence-electron chi connectivity index (χ4n) is 1.97. The Hall–Kier alpha value is -0.940. The van der Waals surface area contributed by atoms with Crippen molar-refractivity contribution in [2.45, 2.75) is 51.2 Å². The molecule has 0 aromatic carbocycles. The van der Waals surface area contributed by atoms with Crippen molar-refractivity contribution in [3.05, 3.63) is 11.7 Å². The Labute approximate surface area is 102 Å². The van der Waals surface area contributed by atoms with Crippen LogP contribution in [-0.4, -0.2) is 17.3 Å². The van der Waals surface area contributed by atoms with E-state index in [1.807, 2.05) is 0 Å². The summed E-state index contributed by atoms with van der Waals surface area (Å²) in [4.78, 5) is 4.37. The second-order valence-corrected chi connectivity index (χ2v) is 4.73. The van der Waals surface area contributed by atoms with Gasteiger partial charge < -0.3 is 15.0 Å². The van der Waals surface area contributed by atoms with Gasteiger partial charge in [0.1, 0.15) is 6.10 Å². The molecule has 1 heterocycles. The van der Waals surface area contributed by atoms with Gasteiger partial charge in [-0.25, -0.2) is 0 Å². The predicted octanol–water partition coefficient (Wildman–Crippen LogP) is 2.36. The van der Waals surface area contributed by atoms with Crippen LogP contribution in [0.3, 0.4) is 0 Å². The Balaban J connectivity index is 1.98. The standard InChI is InChI=1S/C12H21N3O2/c1-3-4-5-9(13)12-14-11(15-17-12)10(16-2)8-6-7-8/h8-10H,3-7,13H2,1-2H3. The van der Waals surface area contributed by atoms with Gasteiger partial charge in [0.25, 0.3) is 0 Å². The molecule has 1 aromatic heterocycles. The molecule has 1 saturated carbocycles. The largest absolute Gasteiger partial charge is 0.373 e. The van der Waals surface area contributed by atoms with Gasteiger partial charge in [0.2, 0.25) is 11.7 Å². The van der Waals surface area contributed by atoms with Crippen LogP contribution in [0.1, 0.15) is 62.9 Å². The molecule has 96 valence electrons. The zero-order chi connectivity index (χ0) is 12.3. The normalized spacial score (nSPS) is 19.2. The van der Waals surface area contributed by atoms with Gasteiger partial charge in [0.05, 0.1) is 6.04 Å². The van der Waals surface area contributed by atoms with Crippen LogP contribution in [0.5, 0.6) is 0 Å². The summed E-state index contributed by atoms with van der Waals surface area (Å²) in [6.45, 7) is 2.14. The van der Waals surface area contributed by atoms with E-state index in [1.54, 1.807) is 7.11 Å². The average molecular weight is 239 g/mol. The van der Waals surface area contributed by atoms with Crippen molar-refractivity contribution in [1.82, 2.24) is 10.1 Å². The first-order valence-corrected chi connectivity index (χ1v) is 6.38. The van der Waals surface area contributed by atoms with Crippen LogP contribution in [0.25, 0.3) is 0 Å². The Morgan fingerprint density at radius 3 is 2.88 bits per heavy atom. The van der Waals surface area contributed by atoms with Crippen LogP contribution in [-0.2, 0) is 4.74 Å². The summed E-state index contributed by atoms with van der Waals surface area (Å²) in [7, 11) is 1.69. The lowest BCUT2D eigenvalue weighted by atomic mass is 10.1. The Morgan fingerprint density at radius 1 is 1.53 bits per heavy atom. The molecule has 2 atom stereocenters. The summed E-state index contributed by atoms with van der Waals surface area (Å²) in [6.07, 6.45) is 5.44. The molecule has 17 heavy (non-hydrogen) atoms. The molecule has 0 spiro atoms. The van der Waals surface area contributed by atoms with Gasteiger partial charge in [0, 0.05) is 7.11 Å². The average Bonchev–Trinajstić information content (AvgIpc) is 3.04. The van der Waals surface area contributed by atoms with Gasteiger partial charge in [0.15, 0.2) is 0 Å². The fraction of sp³-hybridized carbons (Fsp3) is 0.833. The number of hydrogen-bond acceptors (Lipinski definition) is 5. The lowest BCUT2D eigenvalue weighted by Gasteiger charge is -2.08. The number of unbranched alkanes of at least 4 members (excludes halogenated alkanes) is 1. The molecule has 2 N–H and O–H groups in total. The first kappa shape index (κ1) is 12.5. The van der Waals surface area contributed by atoms with E-state index in [4.69, 9.17) is 15.0 Å². The van der Waals surface area contributed by atoms with Gasteiger partial charge in [-0.15, -0.1) is 0 Å². The molecule has 0 radical (unpaired) electrons. The lowest BCUT2D eigenvalue weighted by molar-refractivity contribution is 0.0751. The molecule has 0 saturated heterocycles. The number of nitrogens with zero attached hydrogens (tertiary/aromatic N) is 2. The van der Waals surface area contributed by atoms with Gasteiger partial charge in [-0.05, 0) is 25.2 Å². The highest BCUT2D eigenvalue weighted by Crippen LogP contribution is 2.42. The molecule has 0 aliphatic heterocycles. The van der Waals surface area contributed by atoms with Gasteiger partial charge >= 0.3 is 0 Å². The van der Waals surface area contributed by atoms with E-state index < -0.39 is 0 Å². The SMILES string of the molecule is CCCCC(N)c1nc(C(OC)C2CC2)no1. The van der Waals surface area contributed by atoms with Crippen LogP contribution >= 0.6 is 0 Å². The number of methoxy groups -OCH3 is 1. The summed E-state index contributed by atoms with van der Waals surface area (Å²) < 4.78 is 10.6. The van der Waals surface area contributed by atoms with Gasteiger partial charge in [-0.3, -0.25) is 0 Å². The summed E-state index contributed by atoms with van der Waals surface area (Å²) >= 11 is 0. The molecule has 5 nitrogen and oxygen atoms in total. The van der Waals surface area contributed by atoms with Crippen LogP contribution in [0.4, 0.5) is 0 Å². The highest BCUT2D eigenvalue weighted by Gasteiger charge is 2.35. The lowest BCUT2D eigenvalue weighted by Crippen LogP contribution is -2.11. The number of ether oxygens (including phenoxy) is 1. The Kier molecular flexibility index (Phi) is 4.12. The maximum Gasteiger partial charge on any atom is 0.243 e. The minimum atomic E-state index is -0.145. The van der Waals surface area contributed by atoms with Crippen molar-refractivity contribution >= 4 is 0 Å². The third-order valence-corrected chi connectivity index (χ3v) is 3.20. The molecule has 0 amide bonds. The maximum atomic E-state index is 5.99. The minimum absolute atomic E-state index is 0.0223. The highest BCUT2D eigenvalue weighted by atomic mass is 16.5.